The molecule has 1 atom stereocenters. The fraction of sp³-hybridized carbons (Fsp3) is 0.333. The van der Waals surface area contributed by atoms with E-state index in [1.807, 2.05) is 30.3 Å². The van der Waals surface area contributed by atoms with Crippen LogP contribution in [0.2, 0.25) is 0 Å². The topological polar surface area (TPSA) is 101 Å². The Balaban J connectivity index is 0.000000385. The van der Waals surface area contributed by atoms with E-state index < -0.39 is 16.4 Å². The molecule has 6 heteroatoms. The maximum absolute atomic E-state index is 8.74. The van der Waals surface area contributed by atoms with Crippen LogP contribution >= 0.6 is 0 Å². The number of hydrogen-bond donors (Lipinski definition) is 3. The van der Waals surface area contributed by atoms with Crippen molar-refractivity contribution < 1.29 is 18.9 Å². The minimum absolute atomic E-state index is 0.605. The van der Waals surface area contributed by atoms with Crippen LogP contribution in [0.5, 0.6) is 0 Å². The Labute approximate surface area is 90.9 Å². The highest BCUT2D eigenvalue weighted by molar-refractivity contribution is 7.79. The molecule has 1 rings (SSSR count). The monoisotopic (exact) mass is 234 g/mol. The van der Waals surface area contributed by atoms with Crippen LogP contribution in [0.15, 0.2) is 30.3 Å². The molecule has 0 amide bonds. The summed E-state index contributed by atoms with van der Waals surface area (Å²) >= 11 is 0. The molecule has 1 aromatic rings. The van der Waals surface area contributed by atoms with E-state index >= 15 is 0 Å². The molecule has 1 aromatic carbocycles. The Morgan fingerprint density at radius 3 is 2.13 bits per heavy atom. The molecule has 86 valence electrons. The van der Waals surface area contributed by atoms with Gasteiger partial charge in [0.2, 0.25) is 0 Å². The second kappa shape index (κ2) is 6.52. The Kier molecular flexibility index (Phi) is 5.27. The molecule has 0 heterocycles. The zero-order valence-corrected chi connectivity index (χ0v) is 9.11. The molecule has 5 nitrogen and oxygen atoms in total. The third-order valence-electron chi connectivity index (χ3n) is 1.33. The molecule has 0 aromatic heterocycles. The summed E-state index contributed by atoms with van der Waals surface area (Å²) in [6, 6.07) is 9.00. The second-order valence-corrected chi connectivity index (χ2v) is 3.85. The molecule has 1 unspecified atom stereocenters. The summed E-state index contributed by atoms with van der Waals surface area (Å²) < 4.78 is 39.0. The number of rotatable bonds is 2. The van der Waals surface area contributed by atoms with E-state index in [4.69, 9.17) is 24.6 Å². The molecule has 0 bridgehead atoms. The van der Waals surface area contributed by atoms with Crippen LogP contribution in [0.4, 0.5) is 0 Å². The molecule has 4 N–H and O–H groups in total. The maximum Gasteiger partial charge on any atom is 0.394 e. The SMILES string of the molecule is O=S(=O)(O)O.[2H]C(C)(N)Cc1ccccc1. The fourth-order valence-electron chi connectivity index (χ4n) is 0.918. The van der Waals surface area contributed by atoms with Crippen LogP contribution in [0.1, 0.15) is 13.9 Å². The van der Waals surface area contributed by atoms with E-state index in [2.05, 4.69) is 0 Å². The predicted octanol–water partition coefficient (Wildman–Crippen LogP) is 0.923. The number of benzene rings is 1. The van der Waals surface area contributed by atoms with E-state index in [-0.39, 0.29) is 0 Å². The first-order chi connectivity index (χ1) is 7.08. The molecular weight excluding hydrogens is 218 g/mol. The molecule has 0 radical (unpaired) electrons. The van der Waals surface area contributed by atoms with Gasteiger partial charge >= 0.3 is 10.4 Å². The Morgan fingerprint density at radius 2 is 1.80 bits per heavy atom. The van der Waals surface area contributed by atoms with Crippen molar-refractivity contribution in [2.45, 2.75) is 19.4 Å². The molecule has 15 heavy (non-hydrogen) atoms. The summed E-state index contributed by atoms with van der Waals surface area (Å²) in [6.07, 6.45) is 0.605. The summed E-state index contributed by atoms with van der Waals surface area (Å²) in [5, 5.41) is 0. The van der Waals surface area contributed by atoms with Crippen molar-refractivity contribution in [3.8, 4) is 0 Å². The average molecular weight is 234 g/mol. The van der Waals surface area contributed by atoms with Crippen molar-refractivity contribution >= 4 is 10.4 Å². The maximum atomic E-state index is 8.74. The quantitative estimate of drug-likeness (QED) is 0.661. The molecule has 0 saturated heterocycles. The van der Waals surface area contributed by atoms with Gasteiger partial charge in [-0.25, -0.2) is 0 Å². The van der Waals surface area contributed by atoms with Crippen molar-refractivity contribution in [1.82, 2.24) is 0 Å². The van der Waals surface area contributed by atoms with Crippen molar-refractivity contribution in [3.63, 3.8) is 0 Å². The van der Waals surface area contributed by atoms with Gasteiger partial charge in [0, 0.05) is 7.39 Å². The summed E-state index contributed by atoms with van der Waals surface area (Å²) in [7, 11) is -4.67. The van der Waals surface area contributed by atoms with Crippen molar-refractivity contribution in [1.29, 1.82) is 0 Å². The third kappa shape index (κ3) is 13.1. The molecule has 0 aliphatic heterocycles. The van der Waals surface area contributed by atoms with E-state index in [0.29, 0.717) is 6.42 Å². The first-order valence-electron chi connectivity index (χ1n) is 4.60. The predicted molar refractivity (Wildman–Crippen MR) is 58.0 cm³/mol. The molecule has 0 saturated carbocycles. The second-order valence-electron chi connectivity index (χ2n) is 2.96. The van der Waals surface area contributed by atoms with Gasteiger partial charge < -0.3 is 5.73 Å². The fourth-order valence-corrected chi connectivity index (χ4v) is 0.918. The lowest BCUT2D eigenvalue weighted by Crippen LogP contribution is -2.17. The van der Waals surface area contributed by atoms with Crippen LogP contribution in [0, 0.1) is 0 Å². The zero-order chi connectivity index (χ0) is 12.8. The average Bonchev–Trinajstić information content (AvgIpc) is 1.99. The van der Waals surface area contributed by atoms with Gasteiger partial charge in [-0.05, 0) is 18.9 Å². The Bertz CT molecular complexity index is 391. The first kappa shape index (κ1) is 12.1. The molecule has 0 aliphatic rings. The van der Waals surface area contributed by atoms with Crippen LogP contribution in [-0.4, -0.2) is 23.5 Å². The first-order valence-corrected chi connectivity index (χ1v) is 5.50. The van der Waals surface area contributed by atoms with Gasteiger partial charge in [-0.15, -0.1) is 0 Å². The van der Waals surface area contributed by atoms with Gasteiger partial charge in [-0.3, -0.25) is 9.11 Å². The standard InChI is InChI=1S/C9H13N.H2O4S/c1-8(10)7-9-5-3-2-4-6-9;1-5(2,3)4/h2-6,8H,7,10H2,1H3;(H2,1,2,3,4)/i8D;. The van der Waals surface area contributed by atoms with Crippen molar-refractivity contribution in [2.75, 3.05) is 0 Å². The number of hydrogen-bond acceptors (Lipinski definition) is 3. The van der Waals surface area contributed by atoms with Gasteiger partial charge in [0.25, 0.3) is 0 Å². The highest BCUT2D eigenvalue weighted by Crippen LogP contribution is 2.00. The summed E-state index contributed by atoms with van der Waals surface area (Å²) in [6.45, 7) is 1.71. The third-order valence-corrected chi connectivity index (χ3v) is 1.33. The van der Waals surface area contributed by atoms with E-state index in [9.17, 15) is 0 Å². The summed E-state index contributed by atoms with van der Waals surface area (Å²) in [5.74, 6) is 0. The lowest BCUT2D eigenvalue weighted by atomic mass is 10.1. The van der Waals surface area contributed by atoms with Crippen LogP contribution in [0.25, 0.3) is 0 Å². The molecule has 0 spiro atoms. The van der Waals surface area contributed by atoms with Gasteiger partial charge in [0.15, 0.2) is 0 Å². The minimum atomic E-state index is -4.67. The smallest absolute Gasteiger partial charge is 0.328 e. The highest BCUT2D eigenvalue weighted by Gasteiger charge is 1.94. The van der Waals surface area contributed by atoms with E-state index in [1.54, 1.807) is 6.92 Å². The lowest BCUT2D eigenvalue weighted by molar-refractivity contribution is 0.381. The van der Waals surface area contributed by atoms with Crippen LogP contribution in [-0.2, 0) is 16.8 Å². The molecule has 0 fully saturated rings. The van der Waals surface area contributed by atoms with E-state index in [1.165, 1.54) is 0 Å². The number of nitrogens with two attached hydrogens (primary N) is 1. The molecular formula is C9H15NO4S. The van der Waals surface area contributed by atoms with Crippen molar-refractivity contribution in [3.05, 3.63) is 35.9 Å². The summed E-state index contributed by atoms with van der Waals surface area (Å²) in [4.78, 5) is 0. The lowest BCUT2D eigenvalue weighted by Gasteiger charge is -2.02. The van der Waals surface area contributed by atoms with E-state index in [0.717, 1.165) is 5.56 Å². The largest absolute Gasteiger partial charge is 0.394 e. The van der Waals surface area contributed by atoms with Gasteiger partial charge in [-0.2, -0.15) is 8.42 Å². The van der Waals surface area contributed by atoms with Crippen LogP contribution < -0.4 is 5.73 Å². The highest BCUT2D eigenvalue weighted by atomic mass is 32.3. The van der Waals surface area contributed by atoms with Crippen LogP contribution in [0.3, 0.4) is 0 Å². The Morgan fingerprint density at radius 1 is 1.40 bits per heavy atom. The molecule has 0 aliphatic carbocycles. The minimum Gasteiger partial charge on any atom is -0.328 e. The summed E-state index contributed by atoms with van der Waals surface area (Å²) in [5.41, 5.74) is 6.65. The normalized spacial score (nSPS) is 15.6. The van der Waals surface area contributed by atoms with Gasteiger partial charge in [-0.1, -0.05) is 30.3 Å². The van der Waals surface area contributed by atoms with Gasteiger partial charge in [0.05, 0.1) is 0 Å². The van der Waals surface area contributed by atoms with Gasteiger partial charge in [0.1, 0.15) is 0 Å². The zero-order valence-electron chi connectivity index (χ0n) is 9.29. The van der Waals surface area contributed by atoms with Crippen molar-refractivity contribution in [2.24, 2.45) is 5.73 Å². The Hall–Kier alpha value is -0.950.